The summed E-state index contributed by atoms with van der Waals surface area (Å²) in [6, 6.07) is 16.6. The first-order valence-corrected chi connectivity index (χ1v) is 11.4. The Morgan fingerprint density at radius 3 is 2.44 bits per heavy atom. The zero-order valence-electron chi connectivity index (χ0n) is 17.9. The summed E-state index contributed by atoms with van der Waals surface area (Å²) in [4.78, 5) is 51.4. The van der Waals surface area contributed by atoms with Gasteiger partial charge in [-0.25, -0.2) is 4.79 Å². The van der Waals surface area contributed by atoms with Gasteiger partial charge >= 0.3 is 5.97 Å². The highest BCUT2D eigenvalue weighted by molar-refractivity contribution is 9.10. The summed E-state index contributed by atoms with van der Waals surface area (Å²) in [5.74, 6) is -2.24. The van der Waals surface area contributed by atoms with Crippen LogP contribution in [0.15, 0.2) is 65.1 Å². The van der Waals surface area contributed by atoms with Crippen LogP contribution in [0.4, 0.5) is 5.69 Å². The maximum atomic E-state index is 12.8. The molecule has 0 saturated heterocycles. The lowest BCUT2D eigenvalue weighted by atomic mass is 10.1. The molecule has 0 aliphatic carbocycles. The molecular formula is C25H18BrClN2O5. The molecule has 4 rings (SSSR count). The Kier molecular flexibility index (Phi) is 6.81. The number of carbonyl (C=O) groups excluding carboxylic acids is 4. The number of nitrogens with zero attached hydrogens (tertiary/aromatic N) is 1. The van der Waals surface area contributed by atoms with Crippen LogP contribution in [-0.2, 0) is 16.1 Å². The van der Waals surface area contributed by atoms with E-state index in [0.717, 1.165) is 10.5 Å². The van der Waals surface area contributed by atoms with E-state index in [9.17, 15) is 19.2 Å². The average Bonchev–Trinajstić information content (AvgIpc) is 3.08. The van der Waals surface area contributed by atoms with E-state index in [2.05, 4.69) is 21.2 Å². The van der Waals surface area contributed by atoms with Crippen LogP contribution in [0.2, 0.25) is 5.02 Å². The molecule has 3 aromatic rings. The number of fused-ring (bicyclic) bond motifs is 1. The number of imide groups is 1. The van der Waals surface area contributed by atoms with E-state index in [-0.39, 0.29) is 23.2 Å². The number of nitrogens with one attached hydrogen (secondary N) is 1. The lowest BCUT2D eigenvalue weighted by molar-refractivity contribution is -0.119. The van der Waals surface area contributed by atoms with E-state index in [4.69, 9.17) is 16.3 Å². The van der Waals surface area contributed by atoms with E-state index in [1.807, 2.05) is 30.3 Å². The van der Waals surface area contributed by atoms with Crippen LogP contribution in [-0.4, -0.2) is 35.2 Å². The monoisotopic (exact) mass is 540 g/mol. The Morgan fingerprint density at radius 2 is 1.71 bits per heavy atom. The molecule has 1 N–H and O–H groups in total. The topological polar surface area (TPSA) is 92.8 Å². The molecular weight excluding hydrogens is 524 g/mol. The van der Waals surface area contributed by atoms with Gasteiger partial charge in [0.25, 0.3) is 17.7 Å². The Balaban J connectivity index is 1.41. The van der Waals surface area contributed by atoms with Crippen LogP contribution in [0.5, 0.6) is 0 Å². The van der Waals surface area contributed by atoms with Gasteiger partial charge in [0, 0.05) is 10.2 Å². The fourth-order valence-electron chi connectivity index (χ4n) is 3.52. The molecule has 1 heterocycles. The number of hydrogen-bond acceptors (Lipinski definition) is 5. The molecule has 0 radical (unpaired) electrons. The quantitative estimate of drug-likeness (QED) is 0.350. The summed E-state index contributed by atoms with van der Waals surface area (Å²) < 4.78 is 5.79. The lowest BCUT2D eigenvalue weighted by Crippen LogP contribution is -2.29. The van der Waals surface area contributed by atoms with Crippen molar-refractivity contribution in [3.8, 4) is 0 Å². The summed E-state index contributed by atoms with van der Waals surface area (Å²) in [7, 11) is 0. The molecule has 0 bridgehead atoms. The average molecular weight is 542 g/mol. The first-order valence-electron chi connectivity index (χ1n) is 10.2. The van der Waals surface area contributed by atoms with Crippen molar-refractivity contribution >= 4 is 56.9 Å². The van der Waals surface area contributed by atoms with E-state index in [1.54, 1.807) is 19.1 Å². The largest absolute Gasteiger partial charge is 0.452 e. The number of esters is 1. The smallest absolute Gasteiger partial charge is 0.338 e. The van der Waals surface area contributed by atoms with Crippen molar-refractivity contribution in [1.82, 2.24) is 4.90 Å². The fraction of sp³-hybridized carbons (Fsp3) is 0.120. The van der Waals surface area contributed by atoms with Crippen molar-refractivity contribution in [2.45, 2.75) is 13.5 Å². The Bertz CT molecular complexity index is 1330. The third-order valence-electron chi connectivity index (χ3n) is 5.34. The number of anilines is 1. The van der Waals surface area contributed by atoms with E-state index < -0.39 is 30.3 Å². The molecule has 1 aliphatic heterocycles. The predicted octanol–water partition coefficient (Wildman–Crippen LogP) is 5.00. The Labute approximate surface area is 208 Å². The van der Waals surface area contributed by atoms with Crippen molar-refractivity contribution in [2.75, 3.05) is 11.9 Å². The number of ether oxygens (including phenoxy) is 1. The molecule has 0 aromatic heterocycles. The standard InChI is InChI=1S/C25H18BrClN2O5/c1-14-20(10-9-19(26)22(14)27)28-21(30)13-34-25(33)16-7-8-17-18(11-16)24(32)29(23(17)31)12-15-5-3-2-4-6-15/h2-11H,12-13H2,1H3,(H,28,30). The normalized spacial score (nSPS) is 12.5. The highest BCUT2D eigenvalue weighted by Gasteiger charge is 2.36. The van der Waals surface area contributed by atoms with Crippen LogP contribution in [0.25, 0.3) is 0 Å². The summed E-state index contributed by atoms with van der Waals surface area (Å²) >= 11 is 9.47. The van der Waals surface area contributed by atoms with Gasteiger partial charge in [-0.3, -0.25) is 19.3 Å². The van der Waals surface area contributed by atoms with Crippen molar-refractivity contribution in [2.24, 2.45) is 0 Å². The van der Waals surface area contributed by atoms with Crippen molar-refractivity contribution < 1.29 is 23.9 Å². The molecule has 0 atom stereocenters. The van der Waals surface area contributed by atoms with Crippen LogP contribution >= 0.6 is 27.5 Å². The molecule has 0 spiro atoms. The second kappa shape index (κ2) is 9.79. The molecule has 9 heteroatoms. The summed E-state index contributed by atoms with van der Waals surface area (Å²) in [5, 5.41) is 3.11. The SMILES string of the molecule is Cc1c(NC(=O)COC(=O)c2ccc3c(c2)C(=O)N(Cc2ccccc2)C3=O)ccc(Br)c1Cl. The molecule has 3 amide bonds. The summed E-state index contributed by atoms with van der Waals surface area (Å²) in [6.45, 7) is 1.35. The van der Waals surface area contributed by atoms with E-state index in [1.165, 1.54) is 18.2 Å². The number of hydrogen-bond donors (Lipinski definition) is 1. The van der Waals surface area contributed by atoms with Gasteiger partial charge in [-0.2, -0.15) is 0 Å². The second-order valence-electron chi connectivity index (χ2n) is 7.60. The third kappa shape index (κ3) is 4.73. The lowest BCUT2D eigenvalue weighted by Gasteiger charge is -2.13. The number of benzene rings is 3. The molecule has 0 saturated carbocycles. The highest BCUT2D eigenvalue weighted by Crippen LogP contribution is 2.31. The van der Waals surface area contributed by atoms with Crippen LogP contribution in [0.1, 0.15) is 42.2 Å². The van der Waals surface area contributed by atoms with Gasteiger partial charge in [0.1, 0.15) is 0 Å². The minimum absolute atomic E-state index is 0.0668. The van der Waals surface area contributed by atoms with Gasteiger partial charge in [0.05, 0.1) is 28.3 Å². The first-order chi connectivity index (χ1) is 16.3. The minimum Gasteiger partial charge on any atom is -0.452 e. The molecule has 0 unspecified atom stereocenters. The predicted molar refractivity (Wildman–Crippen MR) is 130 cm³/mol. The maximum absolute atomic E-state index is 12.8. The molecule has 34 heavy (non-hydrogen) atoms. The van der Waals surface area contributed by atoms with Gasteiger partial charge in [-0.15, -0.1) is 0 Å². The minimum atomic E-state index is -0.787. The fourth-order valence-corrected chi connectivity index (χ4v) is 4.11. The number of rotatable bonds is 6. The number of amides is 3. The zero-order valence-corrected chi connectivity index (χ0v) is 20.3. The molecule has 1 aliphatic rings. The Morgan fingerprint density at radius 1 is 1.00 bits per heavy atom. The first kappa shape index (κ1) is 23.7. The van der Waals surface area contributed by atoms with Gasteiger partial charge in [0.2, 0.25) is 0 Å². The second-order valence-corrected chi connectivity index (χ2v) is 8.83. The molecule has 172 valence electrons. The number of halogens is 2. The summed E-state index contributed by atoms with van der Waals surface area (Å²) in [5.41, 5.74) is 2.38. The van der Waals surface area contributed by atoms with Crippen molar-refractivity contribution in [3.63, 3.8) is 0 Å². The number of carbonyl (C=O) groups is 4. The van der Waals surface area contributed by atoms with Crippen molar-refractivity contribution in [3.05, 3.63) is 98.0 Å². The van der Waals surface area contributed by atoms with Gasteiger partial charge in [-0.1, -0.05) is 41.9 Å². The van der Waals surface area contributed by atoms with E-state index in [0.29, 0.717) is 20.7 Å². The third-order valence-corrected chi connectivity index (χ3v) is 6.71. The van der Waals surface area contributed by atoms with Gasteiger partial charge in [-0.05, 0) is 64.3 Å². The molecule has 3 aromatic carbocycles. The Hall–Kier alpha value is -3.49. The van der Waals surface area contributed by atoms with Gasteiger partial charge in [0.15, 0.2) is 6.61 Å². The van der Waals surface area contributed by atoms with Crippen molar-refractivity contribution in [1.29, 1.82) is 0 Å². The van der Waals surface area contributed by atoms with Gasteiger partial charge < -0.3 is 10.1 Å². The zero-order chi connectivity index (χ0) is 24.4. The summed E-state index contributed by atoms with van der Waals surface area (Å²) in [6.07, 6.45) is 0. The van der Waals surface area contributed by atoms with Crippen LogP contribution < -0.4 is 5.32 Å². The van der Waals surface area contributed by atoms with Crippen LogP contribution in [0.3, 0.4) is 0 Å². The van der Waals surface area contributed by atoms with Crippen LogP contribution in [0, 0.1) is 6.92 Å². The van der Waals surface area contributed by atoms with E-state index >= 15 is 0 Å². The molecule has 0 fully saturated rings. The maximum Gasteiger partial charge on any atom is 0.338 e. The highest BCUT2D eigenvalue weighted by atomic mass is 79.9. The molecule has 7 nitrogen and oxygen atoms in total.